The Morgan fingerprint density at radius 1 is 1.40 bits per heavy atom. The van der Waals surface area contributed by atoms with E-state index < -0.39 is 13.1 Å². The van der Waals surface area contributed by atoms with E-state index in [9.17, 15) is 0 Å². The van der Waals surface area contributed by atoms with Crippen molar-refractivity contribution in [2.24, 2.45) is 10.9 Å². The predicted molar refractivity (Wildman–Crippen MR) is 73.6 cm³/mol. The molecule has 0 saturated carbocycles. The maximum Gasteiger partial charge on any atom is 0.214 e. The van der Waals surface area contributed by atoms with Crippen molar-refractivity contribution in [2.45, 2.75) is 6.29 Å². The SMILES string of the molecule is COC(COc1c(Cl)cccc1C(N)=NOCO)OC. The zero-order valence-electron chi connectivity index (χ0n) is 11.2. The molecule has 0 saturated heterocycles. The standard InChI is InChI=1S/C12H17ClN2O5/c1-17-10(18-2)6-19-11-8(4-3-5-9(11)13)12(14)15-20-7-16/h3-5,10,16H,6-7H2,1-2H3,(H2,14,15). The Bertz CT molecular complexity index is 451. The Kier molecular flexibility index (Phi) is 7.10. The molecule has 3 N–H and O–H groups in total. The van der Waals surface area contributed by atoms with Crippen LogP contribution in [0.5, 0.6) is 5.75 Å². The minimum Gasteiger partial charge on any atom is -0.486 e. The average molecular weight is 305 g/mol. The van der Waals surface area contributed by atoms with Gasteiger partial charge in [0, 0.05) is 14.2 Å². The molecule has 7 nitrogen and oxygen atoms in total. The van der Waals surface area contributed by atoms with E-state index in [0.717, 1.165) is 0 Å². The second-order valence-electron chi connectivity index (χ2n) is 3.56. The Morgan fingerprint density at radius 2 is 2.10 bits per heavy atom. The molecular weight excluding hydrogens is 288 g/mol. The molecule has 8 heteroatoms. The molecule has 112 valence electrons. The van der Waals surface area contributed by atoms with Crippen LogP contribution in [0.25, 0.3) is 0 Å². The number of rotatable bonds is 8. The van der Waals surface area contributed by atoms with Crippen molar-refractivity contribution in [1.82, 2.24) is 0 Å². The third-order valence-electron chi connectivity index (χ3n) is 2.35. The van der Waals surface area contributed by atoms with Gasteiger partial charge in [0.1, 0.15) is 12.4 Å². The van der Waals surface area contributed by atoms with Crippen molar-refractivity contribution in [3.8, 4) is 5.75 Å². The number of nitrogens with two attached hydrogens (primary N) is 1. The smallest absolute Gasteiger partial charge is 0.214 e. The van der Waals surface area contributed by atoms with Crippen molar-refractivity contribution in [3.05, 3.63) is 28.8 Å². The molecule has 0 bridgehead atoms. The number of aliphatic hydroxyl groups is 1. The Balaban J connectivity index is 2.93. The summed E-state index contributed by atoms with van der Waals surface area (Å²) in [6.45, 7) is -0.454. The van der Waals surface area contributed by atoms with Crippen molar-refractivity contribution in [1.29, 1.82) is 0 Å². The first kappa shape index (κ1) is 16.5. The number of methoxy groups -OCH3 is 2. The van der Waals surface area contributed by atoms with E-state index in [2.05, 4.69) is 9.99 Å². The number of amidine groups is 1. The first-order chi connectivity index (χ1) is 9.63. The molecule has 1 aromatic carbocycles. The lowest BCUT2D eigenvalue weighted by atomic mass is 10.2. The van der Waals surface area contributed by atoms with Crippen LogP contribution in [0.2, 0.25) is 5.02 Å². The van der Waals surface area contributed by atoms with E-state index in [1.807, 2.05) is 0 Å². The highest BCUT2D eigenvalue weighted by atomic mass is 35.5. The van der Waals surface area contributed by atoms with Gasteiger partial charge in [-0.05, 0) is 12.1 Å². The van der Waals surface area contributed by atoms with Gasteiger partial charge in [0.15, 0.2) is 12.1 Å². The van der Waals surface area contributed by atoms with Gasteiger partial charge in [-0.3, -0.25) is 0 Å². The van der Waals surface area contributed by atoms with E-state index in [0.29, 0.717) is 16.3 Å². The van der Waals surface area contributed by atoms with Crippen LogP contribution in [0.1, 0.15) is 5.56 Å². The van der Waals surface area contributed by atoms with Crippen LogP contribution < -0.4 is 10.5 Å². The van der Waals surface area contributed by atoms with Crippen LogP contribution >= 0.6 is 11.6 Å². The van der Waals surface area contributed by atoms with Crippen LogP contribution in [0, 0.1) is 0 Å². The molecule has 0 aliphatic heterocycles. The largest absolute Gasteiger partial charge is 0.486 e. The van der Waals surface area contributed by atoms with Gasteiger partial charge >= 0.3 is 0 Å². The molecule has 0 aliphatic rings. The summed E-state index contributed by atoms with van der Waals surface area (Å²) in [4.78, 5) is 4.48. The summed E-state index contributed by atoms with van der Waals surface area (Å²) in [5.41, 5.74) is 6.18. The molecule has 0 aromatic heterocycles. The minimum atomic E-state index is -0.577. The highest BCUT2D eigenvalue weighted by molar-refractivity contribution is 6.32. The Labute approximate surface area is 121 Å². The van der Waals surface area contributed by atoms with Gasteiger partial charge in [0.05, 0.1) is 10.6 Å². The lowest BCUT2D eigenvalue weighted by Crippen LogP contribution is -2.23. The van der Waals surface area contributed by atoms with Gasteiger partial charge in [0.2, 0.25) is 6.79 Å². The van der Waals surface area contributed by atoms with Crippen molar-refractivity contribution in [3.63, 3.8) is 0 Å². The van der Waals surface area contributed by atoms with Gasteiger partial charge in [-0.1, -0.05) is 22.8 Å². The molecule has 0 amide bonds. The van der Waals surface area contributed by atoms with E-state index in [4.69, 9.17) is 36.7 Å². The maximum atomic E-state index is 8.55. The van der Waals surface area contributed by atoms with Gasteiger partial charge in [-0.15, -0.1) is 0 Å². The number of nitrogens with zero attached hydrogens (tertiary/aromatic N) is 1. The molecule has 0 atom stereocenters. The number of hydrogen-bond acceptors (Lipinski definition) is 6. The Morgan fingerprint density at radius 3 is 2.70 bits per heavy atom. The summed E-state index contributed by atoms with van der Waals surface area (Å²) >= 11 is 6.07. The lowest BCUT2D eigenvalue weighted by molar-refractivity contribution is -0.121. The monoisotopic (exact) mass is 304 g/mol. The topological polar surface area (TPSA) is 95.5 Å². The van der Waals surface area contributed by atoms with Gasteiger partial charge in [0.25, 0.3) is 0 Å². The van der Waals surface area contributed by atoms with E-state index in [1.165, 1.54) is 14.2 Å². The number of aliphatic hydroxyl groups excluding tert-OH is 1. The normalized spacial score (nSPS) is 11.8. The number of halogens is 1. The summed E-state index contributed by atoms with van der Waals surface area (Å²) < 4.78 is 15.6. The fourth-order valence-corrected chi connectivity index (χ4v) is 1.62. The van der Waals surface area contributed by atoms with E-state index >= 15 is 0 Å². The lowest BCUT2D eigenvalue weighted by Gasteiger charge is -2.17. The zero-order chi connectivity index (χ0) is 15.0. The molecule has 1 aromatic rings. The molecular formula is C12H17ClN2O5. The fourth-order valence-electron chi connectivity index (χ4n) is 1.39. The molecule has 0 spiro atoms. The zero-order valence-corrected chi connectivity index (χ0v) is 12.0. The summed E-state index contributed by atoms with van der Waals surface area (Å²) in [6, 6.07) is 5.00. The number of hydrogen-bond donors (Lipinski definition) is 2. The summed E-state index contributed by atoms with van der Waals surface area (Å²) in [6.07, 6.45) is -0.536. The highest BCUT2D eigenvalue weighted by Crippen LogP contribution is 2.28. The molecule has 0 unspecified atom stereocenters. The number of benzene rings is 1. The molecule has 0 radical (unpaired) electrons. The summed E-state index contributed by atoms with van der Waals surface area (Å²) in [5, 5.41) is 12.4. The van der Waals surface area contributed by atoms with Gasteiger partial charge in [-0.25, -0.2) is 0 Å². The van der Waals surface area contributed by atoms with Crippen LogP contribution in [-0.4, -0.2) is 44.9 Å². The van der Waals surface area contributed by atoms with Crippen LogP contribution in [-0.2, 0) is 14.3 Å². The number of para-hydroxylation sites is 1. The predicted octanol–water partition coefficient (Wildman–Crippen LogP) is 0.924. The second-order valence-corrected chi connectivity index (χ2v) is 3.97. The number of ether oxygens (including phenoxy) is 3. The second kappa shape index (κ2) is 8.60. The van der Waals surface area contributed by atoms with Gasteiger partial charge in [-0.2, -0.15) is 0 Å². The molecule has 0 aliphatic carbocycles. The van der Waals surface area contributed by atoms with Gasteiger partial charge < -0.3 is 29.9 Å². The van der Waals surface area contributed by atoms with Crippen molar-refractivity contribution < 1.29 is 24.2 Å². The third kappa shape index (κ3) is 4.53. The third-order valence-corrected chi connectivity index (χ3v) is 2.65. The number of oxime groups is 1. The fraction of sp³-hybridized carbons (Fsp3) is 0.417. The first-order valence-electron chi connectivity index (χ1n) is 5.67. The summed E-state index contributed by atoms with van der Waals surface area (Å²) in [5.74, 6) is 0.360. The first-order valence-corrected chi connectivity index (χ1v) is 6.05. The minimum absolute atomic E-state index is 0.0305. The summed E-state index contributed by atoms with van der Waals surface area (Å²) in [7, 11) is 2.99. The van der Waals surface area contributed by atoms with Crippen molar-refractivity contribution >= 4 is 17.4 Å². The van der Waals surface area contributed by atoms with Crippen LogP contribution in [0.4, 0.5) is 0 Å². The van der Waals surface area contributed by atoms with Crippen LogP contribution in [0.3, 0.4) is 0 Å². The highest BCUT2D eigenvalue weighted by Gasteiger charge is 2.15. The molecule has 0 fully saturated rings. The van der Waals surface area contributed by atoms with E-state index in [1.54, 1.807) is 18.2 Å². The molecule has 1 rings (SSSR count). The maximum absolute atomic E-state index is 8.55. The quantitative estimate of drug-likeness (QED) is 0.321. The van der Waals surface area contributed by atoms with E-state index in [-0.39, 0.29) is 12.4 Å². The molecule has 20 heavy (non-hydrogen) atoms. The molecule has 0 heterocycles. The van der Waals surface area contributed by atoms with Crippen molar-refractivity contribution in [2.75, 3.05) is 27.6 Å². The average Bonchev–Trinajstić information content (AvgIpc) is 2.47. The van der Waals surface area contributed by atoms with Crippen LogP contribution in [0.15, 0.2) is 23.4 Å². The Hall–Kier alpha value is -1.54.